The molecule has 0 spiro atoms. The lowest BCUT2D eigenvalue weighted by Gasteiger charge is -2.04. The monoisotopic (exact) mass is 275 g/mol. The predicted molar refractivity (Wildman–Crippen MR) is 75.4 cm³/mol. The predicted octanol–water partition coefficient (Wildman–Crippen LogP) is 2.74. The first-order valence-corrected chi connectivity index (χ1v) is 6.84. The Labute approximate surface area is 116 Å². The summed E-state index contributed by atoms with van der Waals surface area (Å²) in [7, 11) is 0. The molecule has 0 radical (unpaired) electrons. The Bertz CT molecular complexity index is 604. The number of hydrogen-bond donors (Lipinski definition) is 2. The summed E-state index contributed by atoms with van der Waals surface area (Å²) in [5.74, 6) is -0.232. The van der Waals surface area contributed by atoms with Gasteiger partial charge in [0.25, 0.3) is 0 Å². The Morgan fingerprint density at radius 2 is 2.11 bits per heavy atom. The summed E-state index contributed by atoms with van der Waals surface area (Å²) in [5.41, 5.74) is 5.44. The summed E-state index contributed by atoms with van der Waals surface area (Å²) in [4.78, 5) is 11.2. The van der Waals surface area contributed by atoms with Crippen molar-refractivity contribution < 1.29 is 4.79 Å². The van der Waals surface area contributed by atoms with Crippen LogP contribution in [0.5, 0.6) is 0 Å². The molecular weight excluding hydrogens is 262 g/mol. The van der Waals surface area contributed by atoms with Crippen molar-refractivity contribution >= 4 is 23.2 Å². The van der Waals surface area contributed by atoms with E-state index in [0.717, 1.165) is 29.8 Å². The molecule has 98 valence electrons. The van der Waals surface area contributed by atoms with Crippen LogP contribution in [0.1, 0.15) is 17.7 Å². The van der Waals surface area contributed by atoms with E-state index in [0.29, 0.717) is 0 Å². The number of carbonyl (C=O) groups excluding carboxylic acids is 1. The highest BCUT2D eigenvalue weighted by Crippen LogP contribution is 2.30. The highest BCUT2D eigenvalue weighted by Gasteiger charge is 2.19. The molecule has 1 aromatic heterocycles. The fourth-order valence-electron chi connectivity index (χ4n) is 2.46. The van der Waals surface area contributed by atoms with Crippen molar-refractivity contribution in [2.45, 2.75) is 19.3 Å². The number of carbonyl (C=O) groups is 1. The van der Waals surface area contributed by atoms with E-state index < -0.39 is 0 Å². The van der Waals surface area contributed by atoms with Gasteiger partial charge in [0.2, 0.25) is 5.91 Å². The van der Waals surface area contributed by atoms with E-state index in [1.54, 1.807) is 0 Å². The lowest BCUT2D eigenvalue weighted by Crippen LogP contribution is -2.12. The fraction of sp³-hybridized carbons (Fsp3) is 0.286. The molecule has 1 heterocycles. The van der Waals surface area contributed by atoms with Crippen molar-refractivity contribution in [3.63, 3.8) is 0 Å². The van der Waals surface area contributed by atoms with Crippen LogP contribution < -0.4 is 5.32 Å². The van der Waals surface area contributed by atoms with Gasteiger partial charge in [-0.05, 0) is 31.4 Å². The minimum Gasteiger partial charge on any atom is -0.325 e. The molecule has 19 heavy (non-hydrogen) atoms. The van der Waals surface area contributed by atoms with Crippen LogP contribution >= 0.6 is 11.6 Å². The van der Waals surface area contributed by atoms with Gasteiger partial charge in [0, 0.05) is 22.5 Å². The molecule has 2 aromatic rings. The van der Waals surface area contributed by atoms with Gasteiger partial charge in [0.15, 0.2) is 0 Å². The number of aromatic amines is 1. The Kier molecular flexibility index (Phi) is 3.25. The number of amides is 1. The van der Waals surface area contributed by atoms with Crippen LogP contribution in [0.4, 0.5) is 5.69 Å². The molecule has 1 amide bonds. The Hall–Kier alpha value is -1.81. The van der Waals surface area contributed by atoms with Gasteiger partial charge in [0.05, 0.1) is 5.69 Å². The van der Waals surface area contributed by atoms with Crippen molar-refractivity contribution in [2.75, 3.05) is 11.2 Å². The van der Waals surface area contributed by atoms with E-state index in [1.807, 2.05) is 24.3 Å². The number of nitrogens with zero attached hydrogens (tertiary/aromatic N) is 1. The summed E-state index contributed by atoms with van der Waals surface area (Å²) in [5, 5.41) is 10.2. The van der Waals surface area contributed by atoms with Crippen LogP contribution in [0.3, 0.4) is 0 Å². The van der Waals surface area contributed by atoms with Crippen LogP contribution in [0.15, 0.2) is 24.3 Å². The molecule has 4 nitrogen and oxygen atoms in total. The van der Waals surface area contributed by atoms with Crippen LogP contribution in [0, 0.1) is 0 Å². The van der Waals surface area contributed by atoms with Crippen LogP contribution in [-0.2, 0) is 17.6 Å². The minimum atomic E-state index is -0.199. The highest BCUT2D eigenvalue weighted by atomic mass is 35.5. The van der Waals surface area contributed by atoms with E-state index in [-0.39, 0.29) is 11.8 Å². The van der Waals surface area contributed by atoms with Gasteiger partial charge in [-0.25, -0.2) is 0 Å². The summed E-state index contributed by atoms with van der Waals surface area (Å²) < 4.78 is 0. The lowest BCUT2D eigenvalue weighted by atomic mass is 10.1. The third-order valence-electron chi connectivity index (χ3n) is 3.37. The maximum atomic E-state index is 11.2. The molecule has 3 rings (SSSR count). The number of H-pyrrole nitrogens is 1. The number of aryl methyl sites for hydroxylation is 1. The number of rotatable bonds is 3. The number of nitrogens with one attached hydrogen (secondary N) is 2. The normalized spacial score (nSPS) is 13.3. The molecule has 5 heteroatoms. The number of anilines is 1. The molecule has 0 saturated heterocycles. The van der Waals surface area contributed by atoms with Crippen molar-refractivity contribution in [1.82, 2.24) is 10.2 Å². The van der Waals surface area contributed by atoms with Gasteiger partial charge in [-0.3, -0.25) is 9.89 Å². The molecule has 2 N–H and O–H groups in total. The zero-order valence-electron chi connectivity index (χ0n) is 10.4. The van der Waals surface area contributed by atoms with Crippen molar-refractivity contribution in [1.29, 1.82) is 0 Å². The van der Waals surface area contributed by atoms with Gasteiger partial charge in [0.1, 0.15) is 5.88 Å². The first-order valence-electron chi connectivity index (χ1n) is 6.30. The van der Waals surface area contributed by atoms with E-state index in [1.165, 1.54) is 17.7 Å². The first-order chi connectivity index (χ1) is 9.28. The SMILES string of the molecule is O=C(CCl)Nc1ccc(-c2n[nH]c3c2CCC3)cc1. The number of hydrogen-bond acceptors (Lipinski definition) is 2. The second-order valence-electron chi connectivity index (χ2n) is 4.64. The quantitative estimate of drug-likeness (QED) is 0.846. The van der Waals surface area contributed by atoms with Gasteiger partial charge < -0.3 is 5.32 Å². The maximum Gasteiger partial charge on any atom is 0.239 e. The second kappa shape index (κ2) is 5.05. The van der Waals surface area contributed by atoms with Crippen LogP contribution in [-0.4, -0.2) is 22.0 Å². The van der Waals surface area contributed by atoms with E-state index in [2.05, 4.69) is 15.5 Å². The van der Waals surface area contributed by atoms with Gasteiger partial charge in [-0.2, -0.15) is 5.10 Å². The fourth-order valence-corrected chi connectivity index (χ4v) is 2.53. The largest absolute Gasteiger partial charge is 0.325 e. The average Bonchev–Trinajstić information content (AvgIpc) is 3.02. The van der Waals surface area contributed by atoms with Gasteiger partial charge >= 0.3 is 0 Å². The number of benzene rings is 1. The first kappa shape index (κ1) is 12.2. The summed E-state index contributed by atoms with van der Waals surface area (Å²) in [6.07, 6.45) is 3.37. The molecule has 0 unspecified atom stereocenters. The van der Waals surface area contributed by atoms with E-state index in [9.17, 15) is 4.79 Å². The van der Waals surface area contributed by atoms with Crippen molar-refractivity contribution in [2.24, 2.45) is 0 Å². The number of aromatic nitrogens is 2. The second-order valence-corrected chi connectivity index (χ2v) is 4.91. The molecule has 1 aliphatic rings. The summed E-state index contributed by atoms with van der Waals surface area (Å²) >= 11 is 5.45. The molecule has 1 aromatic carbocycles. The molecule has 0 atom stereocenters. The van der Waals surface area contributed by atoms with Gasteiger partial charge in [-0.1, -0.05) is 12.1 Å². The van der Waals surface area contributed by atoms with Crippen LogP contribution in [0.2, 0.25) is 0 Å². The molecule has 0 bridgehead atoms. The van der Waals surface area contributed by atoms with E-state index >= 15 is 0 Å². The third-order valence-corrected chi connectivity index (χ3v) is 3.61. The molecule has 1 aliphatic carbocycles. The highest BCUT2D eigenvalue weighted by molar-refractivity contribution is 6.29. The average molecular weight is 276 g/mol. The number of fused-ring (bicyclic) bond motifs is 1. The minimum absolute atomic E-state index is 0.0331. The maximum absolute atomic E-state index is 11.2. The van der Waals surface area contributed by atoms with Crippen molar-refractivity contribution in [3.8, 4) is 11.3 Å². The molecule has 0 fully saturated rings. The Balaban J connectivity index is 1.84. The van der Waals surface area contributed by atoms with E-state index in [4.69, 9.17) is 11.6 Å². The van der Waals surface area contributed by atoms with Crippen LogP contribution in [0.25, 0.3) is 11.3 Å². The van der Waals surface area contributed by atoms with Gasteiger partial charge in [-0.15, -0.1) is 11.6 Å². The molecular formula is C14H14ClN3O. The number of halogens is 1. The zero-order chi connectivity index (χ0) is 13.2. The van der Waals surface area contributed by atoms with Crippen molar-refractivity contribution in [3.05, 3.63) is 35.5 Å². The summed E-state index contributed by atoms with van der Waals surface area (Å²) in [6, 6.07) is 7.68. The smallest absolute Gasteiger partial charge is 0.239 e. The Morgan fingerprint density at radius 3 is 2.84 bits per heavy atom. The zero-order valence-corrected chi connectivity index (χ0v) is 11.1. The Morgan fingerprint density at radius 1 is 1.32 bits per heavy atom. The molecule has 0 aliphatic heterocycles. The lowest BCUT2D eigenvalue weighted by molar-refractivity contribution is -0.113. The number of alkyl halides is 1. The standard InChI is InChI=1S/C14H14ClN3O/c15-8-13(19)16-10-6-4-9(5-7-10)14-11-2-1-3-12(11)17-18-14/h4-7H,1-3,8H2,(H,16,19)(H,17,18). The molecule has 0 saturated carbocycles. The summed E-state index contributed by atoms with van der Waals surface area (Å²) in [6.45, 7) is 0. The third kappa shape index (κ3) is 2.36. The topological polar surface area (TPSA) is 57.8 Å².